The van der Waals surface area contributed by atoms with E-state index in [4.69, 9.17) is 5.73 Å². The summed E-state index contributed by atoms with van der Waals surface area (Å²) in [5.74, 6) is 0.254. The van der Waals surface area contributed by atoms with Crippen LogP contribution in [0.25, 0.3) is 0 Å². The molecule has 128 valence electrons. The first-order valence-electron chi connectivity index (χ1n) is 7.48. The Kier molecular flexibility index (Phi) is 6.31. The van der Waals surface area contributed by atoms with Gasteiger partial charge < -0.3 is 16.4 Å². The Hall–Kier alpha value is -3.12. The molecule has 1 amide bonds. The summed E-state index contributed by atoms with van der Waals surface area (Å²) >= 11 is 0. The lowest BCUT2D eigenvalue weighted by molar-refractivity contribution is 0.102. The van der Waals surface area contributed by atoms with E-state index < -0.39 is 0 Å². The molecule has 0 atom stereocenters. The van der Waals surface area contributed by atoms with Crippen LogP contribution in [0.3, 0.4) is 0 Å². The molecule has 0 saturated heterocycles. The Morgan fingerprint density at radius 1 is 0.960 bits per heavy atom. The molecule has 0 fully saturated rings. The van der Waals surface area contributed by atoms with Crippen LogP contribution in [0.5, 0.6) is 0 Å². The molecule has 0 spiro atoms. The van der Waals surface area contributed by atoms with Crippen molar-refractivity contribution in [3.05, 3.63) is 78.2 Å². The highest BCUT2D eigenvalue weighted by molar-refractivity contribution is 6.04. The van der Waals surface area contributed by atoms with Gasteiger partial charge in [0.05, 0.1) is 23.8 Å². The third kappa shape index (κ3) is 4.92. The Bertz CT molecular complexity index is 824. The molecule has 2 aromatic carbocycles. The van der Waals surface area contributed by atoms with E-state index in [1.807, 2.05) is 30.3 Å². The van der Waals surface area contributed by atoms with Crippen molar-refractivity contribution < 1.29 is 4.79 Å². The van der Waals surface area contributed by atoms with Gasteiger partial charge in [-0.05, 0) is 17.7 Å². The predicted octanol–water partition coefficient (Wildman–Crippen LogP) is 3.35. The normalized spacial score (nSPS) is 9.76. The Morgan fingerprint density at radius 2 is 1.68 bits per heavy atom. The van der Waals surface area contributed by atoms with Crippen molar-refractivity contribution in [3.63, 3.8) is 0 Å². The van der Waals surface area contributed by atoms with E-state index in [-0.39, 0.29) is 24.0 Å². The van der Waals surface area contributed by atoms with Crippen LogP contribution in [0, 0.1) is 0 Å². The standard InChI is InChI=1S/C18H17N5O.ClH/c19-14-8-4-5-9-15(14)23-18(24)16-11-22-17(12-20-16)21-10-13-6-2-1-3-7-13;/h1-9,11-12H,10,19H2,(H,21,22)(H,23,24);1H. The van der Waals surface area contributed by atoms with Gasteiger partial charge in [0.1, 0.15) is 11.5 Å². The third-order valence-corrected chi connectivity index (χ3v) is 3.41. The highest BCUT2D eigenvalue weighted by Gasteiger charge is 2.09. The number of aromatic nitrogens is 2. The SMILES string of the molecule is Cl.Nc1ccccc1NC(=O)c1cnc(NCc2ccccc2)cn1. The number of benzene rings is 2. The van der Waals surface area contributed by atoms with Crippen molar-refractivity contribution in [2.75, 3.05) is 16.4 Å². The van der Waals surface area contributed by atoms with Gasteiger partial charge in [0.2, 0.25) is 0 Å². The first-order valence-corrected chi connectivity index (χ1v) is 7.48. The summed E-state index contributed by atoms with van der Waals surface area (Å²) in [6, 6.07) is 17.0. The van der Waals surface area contributed by atoms with Gasteiger partial charge >= 0.3 is 0 Å². The highest BCUT2D eigenvalue weighted by Crippen LogP contribution is 2.17. The summed E-state index contributed by atoms with van der Waals surface area (Å²) in [4.78, 5) is 20.5. The number of nitrogen functional groups attached to an aromatic ring is 1. The fourth-order valence-corrected chi connectivity index (χ4v) is 2.12. The zero-order chi connectivity index (χ0) is 16.8. The van der Waals surface area contributed by atoms with E-state index in [0.29, 0.717) is 23.7 Å². The Labute approximate surface area is 151 Å². The lowest BCUT2D eigenvalue weighted by atomic mass is 10.2. The van der Waals surface area contributed by atoms with Crippen molar-refractivity contribution in [3.8, 4) is 0 Å². The summed E-state index contributed by atoms with van der Waals surface area (Å²) in [5.41, 5.74) is 8.22. The van der Waals surface area contributed by atoms with Gasteiger partial charge in [-0.25, -0.2) is 9.97 Å². The van der Waals surface area contributed by atoms with E-state index in [1.165, 1.54) is 12.4 Å². The molecule has 0 aliphatic carbocycles. The number of hydrogen-bond acceptors (Lipinski definition) is 5. The second-order valence-electron chi connectivity index (χ2n) is 5.17. The lowest BCUT2D eigenvalue weighted by Gasteiger charge is -2.08. The summed E-state index contributed by atoms with van der Waals surface area (Å²) in [7, 11) is 0. The predicted molar refractivity (Wildman–Crippen MR) is 102 cm³/mol. The fraction of sp³-hybridized carbons (Fsp3) is 0.0556. The zero-order valence-electron chi connectivity index (χ0n) is 13.3. The fourth-order valence-electron chi connectivity index (χ4n) is 2.12. The topological polar surface area (TPSA) is 92.9 Å². The maximum atomic E-state index is 12.2. The van der Waals surface area contributed by atoms with Crippen LogP contribution in [0.2, 0.25) is 0 Å². The molecule has 3 rings (SSSR count). The monoisotopic (exact) mass is 355 g/mol. The van der Waals surface area contributed by atoms with Crippen LogP contribution in [0.1, 0.15) is 16.1 Å². The van der Waals surface area contributed by atoms with E-state index in [1.54, 1.807) is 24.3 Å². The summed E-state index contributed by atoms with van der Waals surface area (Å²) < 4.78 is 0. The number of carbonyl (C=O) groups is 1. The Balaban J connectivity index is 0.00000225. The van der Waals surface area contributed by atoms with Crippen molar-refractivity contribution in [1.29, 1.82) is 0 Å². The summed E-state index contributed by atoms with van der Waals surface area (Å²) in [6.07, 6.45) is 2.97. The van der Waals surface area contributed by atoms with Crippen molar-refractivity contribution in [2.45, 2.75) is 6.54 Å². The molecule has 4 N–H and O–H groups in total. The molecular formula is C18H18ClN5O. The number of nitrogens with zero attached hydrogens (tertiary/aromatic N) is 2. The molecule has 0 saturated carbocycles. The maximum Gasteiger partial charge on any atom is 0.275 e. The number of carbonyl (C=O) groups excluding carboxylic acids is 1. The summed E-state index contributed by atoms with van der Waals surface area (Å²) in [6.45, 7) is 0.640. The number of hydrogen-bond donors (Lipinski definition) is 3. The largest absolute Gasteiger partial charge is 0.397 e. The Morgan fingerprint density at radius 3 is 2.36 bits per heavy atom. The van der Waals surface area contributed by atoms with Crippen LogP contribution < -0.4 is 16.4 Å². The van der Waals surface area contributed by atoms with Crippen molar-refractivity contribution in [2.24, 2.45) is 0 Å². The number of rotatable bonds is 5. The van der Waals surface area contributed by atoms with Crippen molar-refractivity contribution in [1.82, 2.24) is 9.97 Å². The van der Waals surface area contributed by atoms with E-state index in [2.05, 4.69) is 20.6 Å². The second-order valence-corrected chi connectivity index (χ2v) is 5.17. The van der Waals surface area contributed by atoms with E-state index >= 15 is 0 Å². The van der Waals surface area contributed by atoms with Gasteiger partial charge in [0.25, 0.3) is 5.91 Å². The molecule has 0 aliphatic heterocycles. The number of para-hydroxylation sites is 2. The van der Waals surface area contributed by atoms with Crippen molar-refractivity contribution >= 4 is 35.5 Å². The first kappa shape index (κ1) is 18.2. The molecule has 0 bridgehead atoms. The number of amides is 1. The number of halogens is 1. The summed E-state index contributed by atoms with van der Waals surface area (Å²) in [5, 5.41) is 5.88. The van der Waals surface area contributed by atoms with Gasteiger partial charge in [-0.15, -0.1) is 12.4 Å². The molecule has 3 aromatic rings. The van der Waals surface area contributed by atoms with Gasteiger partial charge in [-0.3, -0.25) is 4.79 Å². The van der Waals surface area contributed by atoms with E-state index in [9.17, 15) is 4.79 Å². The molecule has 25 heavy (non-hydrogen) atoms. The molecule has 7 heteroatoms. The quantitative estimate of drug-likeness (QED) is 0.610. The molecule has 0 radical (unpaired) electrons. The van der Waals surface area contributed by atoms with Crippen LogP contribution >= 0.6 is 12.4 Å². The average molecular weight is 356 g/mol. The lowest BCUT2D eigenvalue weighted by Crippen LogP contribution is -2.15. The van der Waals surface area contributed by atoms with Crippen LogP contribution in [0.15, 0.2) is 67.0 Å². The minimum absolute atomic E-state index is 0. The third-order valence-electron chi connectivity index (χ3n) is 3.41. The van der Waals surface area contributed by atoms with Gasteiger partial charge in [-0.2, -0.15) is 0 Å². The molecule has 0 aliphatic rings. The maximum absolute atomic E-state index is 12.2. The van der Waals surface area contributed by atoms with Gasteiger partial charge in [0, 0.05) is 6.54 Å². The minimum Gasteiger partial charge on any atom is -0.397 e. The number of anilines is 3. The van der Waals surface area contributed by atoms with Crippen LogP contribution in [-0.4, -0.2) is 15.9 Å². The van der Waals surface area contributed by atoms with Crippen LogP contribution in [0.4, 0.5) is 17.2 Å². The minimum atomic E-state index is -0.352. The molecular weight excluding hydrogens is 338 g/mol. The van der Waals surface area contributed by atoms with Gasteiger partial charge in [-0.1, -0.05) is 42.5 Å². The van der Waals surface area contributed by atoms with Gasteiger partial charge in [0.15, 0.2) is 0 Å². The average Bonchev–Trinajstić information content (AvgIpc) is 2.63. The van der Waals surface area contributed by atoms with E-state index in [0.717, 1.165) is 5.56 Å². The molecule has 6 nitrogen and oxygen atoms in total. The first-order chi connectivity index (χ1) is 11.7. The number of nitrogens with two attached hydrogens (primary N) is 1. The molecule has 1 aromatic heterocycles. The zero-order valence-corrected chi connectivity index (χ0v) is 14.2. The highest BCUT2D eigenvalue weighted by atomic mass is 35.5. The molecule has 0 unspecified atom stereocenters. The number of nitrogens with one attached hydrogen (secondary N) is 2. The smallest absolute Gasteiger partial charge is 0.275 e. The second kappa shape index (κ2) is 8.65. The van der Waals surface area contributed by atoms with Crippen LogP contribution in [-0.2, 0) is 6.54 Å². The molecule has 1 heterocycles.